The van der Waals surface area contributed by atoms with Gasteiger partial charge in [-0.1, -0.05) is 30.3 Å². The average molecular weight is 283 g/mol. The number of benzene rings is 1. The Balaban J connectivity index is 1.53. The van der Waals surface area contributed by atoms with Crippen LogP contribution in [0.5, 0.6) is 5.88 Å². The van der Waals surface area contributed by atoms with E-state index in [9.17, 15) is 4.79 Å². The van der Waals surface area contributed by atoms with E-state index in [1.807, 2.05) is 35.2 Å². The van der Waals surface area contributed by atoms with Crippen LogP contribution in [-0.2, 0) is 11.2 Å². The number of carbonyl (C=O) groups excluding carboxylic acids is 1. The second-order valence-corrected chi connectivity index (χ2v) is 5.07. The van der Waals surface area contributed by atoms with Gasteiger partial charge in [0.15, 0.2) is 0 Å². The maximum Gasteiger partial charge on any atom is 0.232 e. The Morgan fingerprint density at radius 2 is 2.14 bits per heavy atom. The van der Waals surface area contributed by atoms with Crippen molar-refractivity contribution in [1.82, 2.24) is 14.9 Å². The van der Waals surface area contributed by atoms with Crippen LogP contribution in [0.3, 0.4) is 0 Å². The van der Waals surface area contributed by atoms with Gasteiger partial charge >= 0.3 is 0 Å². The van der Waals surface area contributed by atoms with Crippen molar-refractivity contribution >= 4 is 5.91 Å². The van der Waals surface area contributed by atoms with Crippen molar-refractivity contribution in [2.24, 2.45) is 0 Å². The fraction of sp³-hybridized carbons (Fsp3) is 0.312. The van der Waals surface area contributed by atoms with E-state index in [2.05, 4.69) is 9.97 Å². The third-order valence-corrected chi connectivity index (χ3v) is 3.52. The van der Waals surface area contributed by atoms with Gasteiger partial charge in [0, 0.05) is 25.4 Å². The summed E-state index contributed by atoms with van der Waals surface area (Å²) in [5, 5.41) is 0. The summed E-state index contributed by atoms with van der Waals surface area (Å²) in [6.07, 6.45) is 6.07. The quantitative estimate of drug-likeness (QED) is 0.857. The minimum atomic E-state index is 0.00132. The molecule has 108 valence electrons. The van der Waals surface area contributed by atoms with Crippen LogP contribution in [0.2, 0.25) is 0 Å². The zero-order valence-electron chi connectivity index (χ0n) is 11.7. The number of ether oxygens (including phenoxy) is 1. The fourth-order valence-electron chi connectivity index (χ4n) is 2.45. The molecule has 0 radical (unpaired) electrons. The minimum absolute atomic E-state index is 0.00132. The predicted molar refractivity (Wildman–Crippen MR) is 77.8 cm³/mol. The Labute approximate surface area is 123 Å². The molecule has 1 aliphatic rings. The highest BCUT2D eigenvalue weighted by Gasteiger charge is 2.27. The second-order valence-electron chi connectivity index (χ2n) is 5.07. The van der Waals surface area contributed by atoms with E-state index < -0.39 is 0 Å². The monoisotopic (exact) mass is 283 g/mol. The Kier molecular flexibility index (Phi) is 4.09. The molecule has 0 bridgehead atoms. The molecule has 5 heteroatoms. The number of carbonyl (C=O) groups is 1. The van der Waals surface area contributed by atoms with Crippen molar-refractivity contribution in [3.63, 3.8) is 0 Å². The van der Waals surface area contributed by atoms with E-state index >= 15 is 0 Å². The normalized spacial score (nSPS) is 17.7. The van der Waals surface area contributed by atoms with Crippen molar-refractivity contribution in [3.8, 4) is 5.88 Å². The van der Waals surface area contributed by atoms with Crippen LogP contribution in [0, 0.1) is 0 Å². The lowest BCUT2D eigenvalue weighted by atomic mass is 10.1. The number of amides is 1. The molecule has 0 N–H and O–H groups in total. The zero-order chi connectivity index (χ0) is 14.5. The van der Waals surface area contributed by atoms with Gasteiger partial charge in [-0.15, -0.1) is 0 Å². The molecular weight excluding hydrogens is 266 g/mol. The molecule has 1 fully saturated rings. The number of aromatic nitrogens is 2. The zero-order valence-corrected chi connectivity index (χ0v) is 11.7. The van der Waals surface area contributed by atoms with E-state index in [0.717, 1.165) is 18.5 Å². The van der Waals surface area contributed by atoms with Crippen LogP contribution in [0.4, 0.5) is 0 Å². The lowest BCUT2D eigenvalue weighted by Gasteiger charge is -2.17. The van der Waals surface area contributed by atoms with E-state index in [-0.39, 0.29) is 12.0 Å². The van der Waals surface area contributed by atoms with Crippen molar-refractivity contribution in [2.75, 3.05) is 13.1 Å². The Morgan fingerprint density at radius 3 is 2.90 bits per heavy atom. The molecule has 0 aliphatic carbocycles. The lowest BCUT2D eigenvalue weighted by Crippen LogP contribution is -2.32. The number of likely N-dealkylation sites (tertiary alicyclic amines) is 1. The van der Waals surface area contributed by atoms with Gasteiger partial charge < -0.3 is 9.64 Å². The smallest absolute Gasteiger partial charge is 0.232 e. The first-order chi connectivity index (χ1) is 10.3. The number of nitrogens with zero attached hydrogens (tertiary/aromatic N) is 3. The molecule has 1 atom stereocenters. The van der Waals surface area contributed by atoms with Gasteiger partial charge in [-0.3, -0.25) is 9.78 Å². The van der Waals surface area contributed by atoms with Crippen molar-refractivity contribution in [3.05, 3.63) is 54.5 Å². The predicted octanol–water partition coefficient (Wildman–Crippen LogP) is 1.70. The summed E-state index contributed by atoms with van der Waals surface area (Å²) in [6, 6.07) is 9.80. The molecule has 5 nitrogen and oxygen atoms in total. The summed E-state index contributed by atoms with van der Waals surface area (Å²) >= 11 is 0. The van der Waals surface area contributed by atoms with Crippen molar-refractivity contribution in [1.29, 1.82) is 0 Å². The van der Waals surface area contributed by atoms with Gasteiger partial charge in [-0.2, -0.15) is 0 Å². The first kappa shape index (κ1) is 13.5. The number of hydrogen-bond acceptors (Lipinski definition) is 4. The molecule has 1 unspecified atom stereocenters. The summed E-state index contributed by atoms with van der Waals surface area (Å²) in [6.45, 7) is 1.35. The van der Waals surface area contributed by atoms with Gasteiger partial charge in [0.2, 0.25) is 11.8 Å². The number of rotatable bonds is 4. The van der Waals surface area contributed by atoms with Crippen LogP contribution in [0.1, 0.15) is 12.0 Å². The lowest BCUT2D eigenvalue weighted by molar-refractivity contribution is -0.129. The molecule has 0 spiro atoms. The molecule has 3 rings (SSSR count). The van der Waals surface area contributed by atoms with E-state index in [4.69, 9.17) is 4.74 Å². The van der Waals surface area contributed by atoms with Crippen LogP contribution in [0.25, 0.3) is 0 Å². The molecule has 21 heavy (non-hydrogen) atoms. The molecule has 2 aromatic rings. The minimum Gasteiger partial charge on any atom is -0.471 e. The number of hydrogen-bond donors (Lipinski definition) is 0. The van der Waals surface area contributed by atoms with Crippen LogP contribution in [-0.4, -0.2) is 40.0 Å². The first-order valence-corrected chi connectivity index (χ1v) is 7.05. The van der Waals surface area contributed by atoms with E-state index in [0.29, 0.717) is 18.8 Å². The van der Waals surface area contributed by atoms with E-state index in [1.165, 1.54) is 0 Å². The molecule has 1 aliphatic heterocycles. The fourth-order valence-corrected chi connectivity index (χ4v) is 2.45. The maximum atomic E-state index is 12.3. The van der Waals surface area contributed by atoms with Crippen LogP contribution >= 0.6 is 0 Å². The Bertz CT molecular complexity index is 589. The summed E-state index contributed by atoms with van der Waals surface area (Å²) < 4.78 is 5.74. The van der Waals surface area contributed by atoms with Crippen LogP contribution in [0.15, 0.2) is 48.9 Å². The van der Waals surface area contributed by atoms with Gasteiger partial charge in [0.1, 0.15) is 6.10 Å². The largest absolute Gasteiger partial charge is 0.471 e. The third-order valence-electron chi connectivity index (χ3n) is 3.52. The Morgan fingerprint density at radius 1 is 1.29 bits per heavy atom. The second kappa shape index (κ2) is 6.35. The summed E-state index contributed by atoms with van der Waals surface area (Å²) in [4.78, 5) is 22.2. The standard InChI is InChI=1S/C16H17N3O2/c20-16(10-13-4-2-1-3-5-13)19-9-6-14(12-19)21-15-11-17-7-8-18-15/h1-5,7-8,11,14H,6,9-10,12H2. The molecule has 0 saturated carbocycles. The molecule has 1 aromatic heterocycles. The molecule has 1 amide bonds. The summed E-state index contributed by atoms with van der Waals surface area (Å²) in [5.74, 6) is 0.659. The molecule has 1 aromatic carbocycles. The molecular formula is C16H17N3O2. The Hall–Kier alpha value is -2.43. The highest BCUT2D eigenvalue weighted by atomic mass is 16.5. The van der Waals surface area contributed by atoms with Crippen molar-refractivity contribution in [2.45, 2.75) is 18.9 Å². The highest BCUT2D eigenvalue weighted by Crippen LogP contribution is 2.16. The maximum absolute atomic E-state index is 12.3. The van der Waals surface area contributed by atoms with Crippen LogP contribution < -0.4 is 4.74 Å². The van der Waals surface area contributed by atoms with Gasteiger partial charge in [0.05, 0.1) is 19.2 Å². The highest BCUT2D eigenvalue weighted by molar-refractivity contribution is 5.79. The third kappa shape index (κ3) is 3.56. The van der Waals surface area contributed by atoms with Crippen molar-refractivity contribution < 1.29 is 9.53 Å². The van der Waals surface area contributed by atoms with E-state index in [1.54, 1.807) is 18.6 Å². The molecule has 1 saturated heterocycles. The average Bonchev–Trinajstić information content (AvgIpc) is 2.98. The summed E-state index contributed by atoms with van der Waals surface area (Å²) in [5.41, 5.74) is 1.04. The van der Waals surface area contributed by atoms with Gasteiger partial charge in [0.25, 0.3) is 0 Å². The topological polar surface area (TPSA) is 55.3 Å². The SMILES string of the molecule is O=C(Cc1ccccc1)N1CCC(Oc2cnccn2)C1. The summed E-state index contributed by atoms with van der Waals surface area (Å²) in [7, 11) is 0. The first-order valence-electron chi connectivity index (χ1n) is 7.05. The van der Waals surface area contributed by atoms with Gasteiger partial charge in [-0.05, 0) is 5.56 Å². The molecule has 2 heterocycles. The van der Waals surface area contributed by atoms with Gasteiger partial charge in [-0.25, -0.2) is 4.98 Å².